The smallest absolute Gasteiger partial charge is 0.316 e. The van der Waals surface area contributed by atoms with Crippen LogP contribution >= 0.6 is 0 Å². The zero-order valence-corrected chi connectivity index (χ0v) is 15.9. The second kappa shape index (κ2) is 7.87. The Kier molecular flexibility index (Phi) is 5.52. The minimum Gasteiger partial charge on any atom is -0.344 e. The normalized spacial score (nSPS) is 11.6. The summed E-state index contributed by atoms with van der Waals surface area (Å²) in [6.07, 6.45) is 0. The van der Waals surface area contributed by atoms with Crippen molar-refractivity contribution in [3.63, 3.8) is 0 Å². The van der Waals surface area contributed by atoms with E-state index in [1.807, 2.05) is 0 Å². The van der Waals surface area contributed by atoms with Gasteiger partial charge in [0.05, 0.1) is 4.90 Å². The van der Waals surface area contributed by atoms with Crippen LogP contribution in [0.2, 0.25) is 0 Å². The van der Waals surface area contributed by atoms with Crippen LogP contribution in [0.3, 0.4) is 0 Å². The van der Waals surface area contributed by atoms with Crippen molar-refractivity contribution < 1.29 is 22.1 Å². The molecule has 0 unspecified atom stereocenters. The average Bonchev–Trinajstić information content (AvgIpc) is 3.17. The summed E-state index contributed by atoms with van der Waals surface area (Å²) >= 11 is 0. The summed E-state index contributed by atoms with van der Waals surface area (Å²) < 4.78 is 43.1. The zero-order chi connectivity index (χ0) is 20.3. The fourth-order valence-electron chi connectivity index (χ4n) is 2.28. The molecule has 8 nitrogen and oxygen atoms in total. The third-order valence-electron chi connectivity index (χ3n) is 3.88. The number of carbonyl (C=O) groups is 1. The van der Waals surface area contributed by atoms with Crippen molar-refractivity contribution in [2.75, 3.05) is 14.1 Å². The number of rotatable bonds is 6. The minimum absolute atomic E-state index is 0.127. The first-order valence-corrected chi connectivity index (χ1v) is 9.60. The molecule has 0 fully saturated rings. The van der Waals surface area contributed by atoms with Gasteiger partial charge in [0.1, 0.15) is 5.82 Å². The number of nitrogens with one attached hydrogen (secondary N) is 1. The fourth-order valence-corrected chi connectivity index (χ4v) is 3.18. The Balaban J connectivity index is 1.69. The summed E-state index contributed by atoms with van der Waals surface area (Å²) in [7, 11) is -0.652. The predicted octanol–water partition coefficient (Wildman–Crippen LogP) is 2.06. The number of hydrogen-bond acceptors (Lipinski definition) is 6. The van der Waals surface area contributed by atoms with Crippen LogP contribution in [0.15, 0.2) is 57.9 Å². The molecule has 28 heavy (non-hydrogen) atoms. The number of nitrogens with zero attached hydrogens (tertiary/aromatic N) is 3. The number of sulfonamides is 1. The lowest BCUT2D eigenvalue weighted by Gasteiger charge is -2.11. The molecule has 0 aliphatic rings. The van der Waals surface area contributed by atoms with Crippen molar-refractivity contribution in [2.45, 2.75) is 11.4 Å². The molecule has 1 heterocycles. The van der Waals surface area contributed by atoms with Crippen molar-refractivity contribution >= 4 is 15.9 Å². The Bertz CT molecular complexity index is 1080. The molecular formula is C18H17FN4O4S. The molecule has 3 aromatic rings. The molecule has 0 bridgehead atoms. The van der Waals surface area contributed by atoms with Crippen LogP contribution in [-0.4, -0.2) is 42.9 Å². The van der Waals surface area contributed by atoms with Gasteiger partial charge in [-0.05, 0) is 42.0 Å². The third kappa shape index (κ3) is 4.24. The summed E-state index contributed by atoms with van der Waals surface area (Å²) in [4.78, 5) is 16.3. The maximum absolute atomic E-state index is 12.9. The molecule has 0 radical (unpaired) electrons. The van der Waals surface area contributed by atoms with Crippen LogP contribution in [-0.2, 0) is 16.6 Å². The molecule has 0 aliphatic carbocycles. The molecule has 0 atom stereocenters. The summed E-state index contributed by atoms with van der Waals surface area (Å²) in [5, 5.41) is 6.34. The van der Waals surface area contributed by atoms with E-state index in [-0.39, 0.29) is 29.0 Å². The second-order valence-corrected chi connectivity index (χ2v) is 8.20. The van der Waals surface area contributed by atoms with Crippen LogP contribution in [0.1, 0.15) is 16.2 Å². The molecule has 2 aromatic carbocycles. The van der Waals surface area contributed by atoms with E-state index in [1.54, 1.807) is 12.1 Å². The van der Waals surface area contributed by atoms with Crippen LogP contribution in [0, 0.1) is 5.82 Å². The summed E-state index contributed by atoms with van der Waals surface area (Å²) in [5.41, 5.74) is 1.21. The number of benzene rings is 2. The van der Waals surface area contributed by atoms with Crippen LogP contribution in [0.4, 0.5) is 4.39 Å². The van der Waals surface area contributed by atoms with Crippen molar-refractivity contribution in [2.24, 2.45) is 0 Å². The molecule has 0 saturated carbocycles. The Morgan fingerprint density at radius 3 is 2.36 bits per heavy atom. The van der Waals surface area contributed by atoms with Gasteiger partial charge in [0.2, 0.25) is 15.8 Å². The quantitative estimate of drug-likeness (QED) is 0.674. The number of aromatic nitrogens is 2. The van der Waals surface area contributed by atoms with Gasteiger partial charge in [0.15, 0.2) is 0 Å². The highest BCUT2D eigenvalue weighted by atomic mass is 32.2. The average molecular weight is 404 g/mol. The Labute approximate surface area is 161 Å². The van der Waals surface area contributed by atoms with Crippen LogP contribution in [0.5, 0.6) is 0 Å². The zero-order valence-electron chi connectivity index (χ0n) is 15.1. The van der Waals surface area contributed by atoms with Crippen LogP contribution < -0.4 is 5.32 Å². The van der Waals surface area contributed by atoms with Gasteiger partial charge in [-0.15, -0.1) is 0 Å². The number of hydrogen-bond donors (Lipinski definition) is 1. The SMILES string of the molecule is CN(C)S(=O)(=O)c1ccc(-c2noc(C(=O)NCc3ccc(F)cc3)n2)cc1. The molecule has 0 saturated heterocycles. The van der Waals surface area contributed by atoms with Gasteiger partial charge < -0.3 is 9.84 Å². The summed E-state index contributed by atoms with van der Waals surface area (Å²) in [6, 6.07) is 11.6. The molecule has 0 aliphatic heterocycles. The Morgan fingerprint density at radius 2 is 1.75 bits per heavy atom. The number of carbonyl (C=O) groups excluding carboxylic acids is 1. The van der Waals surface area contributed by atoms with Gasteiger partial charge in [-0.1, -0.05) is 17.3 Å². The highest BCUT2D eigenvalue weighted by molar-refractivity contribution is 7.89. The fraction of sp³-hybridized carbons (Fsp3) is 0.167. The van der Waals surface area contributed by atoms with Crippen LogP contribution in [0.25, 0.3) is 11.4 Å². The summed E-state index contributed by atoms with van der Waals surface area (Å²) in [5.74, 6) is -1.02. The first-order chi connectivity index (χ1) is 13.3. The minimum atomic E-state index is -3.54. The number of halogens is 1. The first-order valence-electron chi connectivity index (χ1n) is 8.16. The standard InChI is InChI=1S/C18H17FN4O4S/c1-23(2)28(25,26)15-9-5-13(6-10-15)16-21-18(27-22-16)17(24)20-11-12-3-7-14(19)8-4-12/h3-10H,11H2,1-2H3,(H,20,24). The van der Waals surface area contributed by atoms with Gasteiger partial charge in [-0.2, -0.15) is 4.98 Å². The molecule has 1 aromatic heterocycles. The highest BCUT2D eigenvalue weighted by Crippen LogP contribution is 2.20. The Morgan fingerprint density at radius 1 is 1.11 bits per heavy atom. The van der Waals surface area contributed by atoms with Crippen molar-refractivity contribution in [1.29, 1.82) is 0 Å². The van der Waals surface area contributed by atoms with Gasteiger partial charge in [0, 0.05) is 26.2 Å². The molecule has 1 N–H and O–H groups in total. The summed E-state index contributed by atoms with van der Waals surface area (Å²) in [6.45, 7) is 0.175. The van der Waals surface area contributed by atoms with Gasteiger partial charge in [-0.25, -0.2) is 17.1 Å². The lowest BCUT2D eigenvalue weighted by atomic mass is 10.2. The highest BCUT2D eigenvalue weighted by Gasteiger charge is 2.19. The molecule has 0 spiro atoms. The maximum Gasteiger partial charge on any atom is 0.316 e. The predicted molar refractivity (Wildman–Crippen MR) is 98.2 cm³/mol. The van der Waals surface area contributed by atoms with E-state index in [1.165, 1.54) is 50.5 Å². The molecule has 10 heteroatoms. The topological polar surface area (TPSA) is 105 Å². The molecule has 3 rings (SSSR count). The molecular weight excluding hydrogens is 387 g/mol. The molecule has 146 valence electrons. The Hall–Kier alpha value is -3.11. The van der Waals surface area contributed by atoms with E-state index in [0.717, 1.165) is 4.31 Å². The lowest BCUT2D eigenvalue weighted by Crippen LogP contribution is -2.23. The lowest BCUT2D eigenvalue weighted by molar-refractivity contribution is 0.0907. The van der Waals surface area contributed by atoms with Crippen molar-refractivity contribution in [3.05, 3.63) is 65.8 Å². The monoisotopic (exact) mass is 404 g/mol. The van der Waals surface area contributed by atoms with Crippen molar-refractivity contribution in [1.82, 2.24) is 19.8 Å². The van der Waals surface area contributed by atoms with Crippen molar-refractivity contribution in [3.8, 4) is 11.4 Å². The van der Waals surface area contributed by atoms with E-state index in [2.05, 4.69) is 15.5 Å². The largest absolute Gasteiger partial charge is 0.344 e. The third-order valence-corrected chi connectivity index (χ3v) is 5.71. The maximum atomic E-state index is 12.9. The van der Waals surface area contributed by atoms with Gasteiger partial charge >= 0.3 is 11.8 Å². The molecule has 1 amide bonds. The van der Waals surface area contributed by atoms with Gasteiger partial charge in [-0.3, -0.25) is 4.79 Å². The second-order valence-electron chi connectivity index (χ2n) is 6.04. The van der Waals surface area contributed by atoms with E-state index in [9.17, 15) is 17.6 Å². The van der Waals surface area contributed by atoms with Gasteiger partial charge in [0.25, 0.3) is 0 Å². The van der Waals surface area contributed by atoms with E-state index in [4.69, 9.17) is 4.52 Å². The van der Waals surface area contributed by atoms with E-state index >= 15 is 0 Å². The first kappa shape index (κ1) is 19.6. The van der Waals surface area contributed by atoms with E-state index in [0.29, 0.717) is 11.1 Å². The van der Waals surface area contributed by atoms with E-state index < -0.39 is 15.9 Å². The number of amides is 1.